The molecule has 1 aromatic carbocycles. The van der Waals surface area contributed by atoms with Crippen molar-refractivity contribution in [3.05, 3.63) is 29.3 Å². The molecule has 0 aromatic heterocycles. The Hall–Kier alpha value is -1.06. The van der Waals surface area contributed by atoms with Crippen LogP contribution < -0.4 is 15.4 Å². The summed E-state index contributed by atoms with van der Waals surface area (Å²) in [4.78, 5) is 4.68. The van der Waals surface area contributed by atoms with Crippen LogP contribution in [-0.4, -0.2) is 52.6 Å². The minimum Gasteiger partial charge on any atom is -0.493 e. The standard InChI is InChI=1S/C20H35N3O3.HI/c1-5-11-26-19-15-17(3)8-9-18(19)16-23-20(21-6-2)22-10-7-12-25-14-13-24-4;/h8-9,15H,5-7,10-14,16H2,1-4H3,(H2,21,22,23);1H. The lowest BCUT2D eigenvalue weighted by atomic mass is 10.1. The van der Waals surface area contributed by atoms with E-state index < -0.39 is 0 Å². The lowest BCUT2D eigenvalue weighted by molar-refractivity contribution is 0.0698. The zero-order chi connectivity index (χ0) is 19.0. The molecule has 0 aliphatic rings. The molecule has 0 radical (unpaired) electrons. The summed E-state index contributed by atoms with van der Waals surface area (Å²) in [6.45, 7) is 11.2. The summed E-state index contributed by atoms with van der Waals surface area (Å²) in [5.74, 6) is 1.74. The largest absolute Gasteiger partial charge is 0.493 e. The lowest BCUT2D eigenvalue weighted by Crippen LogP contribution is -2.38. The predicted octanol–water partition coefficient (Wildman–Crippen LogP) is 3.51. The number of hydrogen-bond acceptors (Lipinski definition) is 4. The summed E-state index contributed by atoms with van der Waals surface area (Å²) >= 11 is 0. The van der Waals surface area contributed by atoms with E-state index in [1.807, 2.05) is 0 Å². The molecule has 156 valence electrons. The van der Waals surface area contributed by atoms with Crippen LogP contribution in [0.3, 0.4) is 0 Å². The minimum absolute atomic E-state index is 0. The maximum Gasteiger partial charge on any atom is 0.191 e. The first kappa shape index (κ1) is 25.9. The van der Waals surface area contributed by atoms with E-state index in [0.29, 0.717) is 26.4 Å². The van der Waals surface area contributed by atoms with E-state index >= 15 is 0 Å². The molecular formula is C20H36IN3O3. The molecule has 0 bridgehead atoms. The van der Waals surface area contributed by atoms with Crippen LogP contribution in [0.15, 0.2) is 23.2 Å². The predicted molar refractivity (Wildman–Crippen MR) is 123 cm³/mol. The highest BCUT2D eigenvalue weighted by molar-refractivity contribution is 14.0. The van der Waals surface area contributed by atoms with E-state index in [0.717, 1.165) is 49.8 Å². The van der Waals surface area contributed by atoms with Crippen LogP contribution in [0.5, 0.6) is 5.75 Å². The Morgan fingerprint density at radius 2 is 1.89 bits per heavy atom. The topological polar surface area (TPSA) is 64.1 Å². The zero-order valence-corrected chi connectivity index (χ0v) is 19.5. The van der Waals surface area contributed by atoms with Crippen molar-refractivity contribution >= 4 is 29.9 Å². The van der Waals surface area contributed by atoms with Gasteiger partial charge < -0.3 is 24.8 Å². The normalized spacial score (nSPS) is 11.0. The average Bonchev–Trinajstić information content (AvgIpc) is 2.64. The molecule has 0 aliphatic carbocycles. The van der Waals surface area contributed by atoms with Crippen LogP contribution in [0.1, 0.15) is 37.8 Å². The third-order valence-electron chi connectivity index (χ3n) is 3.63. The molecule has 7 heteroatoms. The monoisotopic (exact) mass is 493 g/mol. The van der Waals surface area contributed by atoms with Crippen molar-refractivity contribution in [1.29, 1.82) is 0 Å². The molecule has 27 heavy (non-hydrogen) atoms. The minimum atomic E-state index is 0. The van der Waals surface area contributed by atoms with Crippen molar-refractivity contribution in [1.82, 2.24) is 10.6 Å². The van der Waals surface area contributed by atoms with E-state index in [1.165, 1.54) is 5.56 Å². The summed E-state index contributed by atoms with van der Waals surface area (Å²) < 4.78 is 16.3. The molecule has 2 N–H and O–H groups in total. The lowest BCUT2D eigenvalue weighted by Gasteiger charge is -2.13. The van der Waals surface area contributed by atoms with Gasteiger partial charge in [-0.1, -0.05) is 19.1 Å². The van der Waals surface area contributed by atoms with Crippen LogP contribution in [0.25, 0.3) is 0 Å². The van der Waals surface area contributed by atoms with Crippen LogP contribution in [-0.2, 0) is 16.0 Å². The van der Waals surface area contributed by atoms with Crippen molar-refractivity contribution in [3.63, 3.8) is 0 Å². The summed E-state index contributed by atoms with van der Waals surface area (Å²) in [6, 6.07) is 6.27. The Morgan fingerprint density at radius 3 is 2.59 bits per heavy atom. The second kappa shape index (κ2) is 17.1. The zero-order valence-electron chi connectivity index (χ0n) is 17.2. The third-order valence-corrected chi connectivity index (χ3v) is 3.63. The first-order chi connectivity index (χ1) is 12.7. The number of ether oxygens (including phenoxy) is 3. The number of nitrogens with one attached hydrogen (secondary N) is 2. The number of halogens is 1. The SMILES string of the molecule is CCCOc1cc(C)ccc1CN=C(NCC)NCCCOCCOC.I. The quantitative estimate of drug-likeness (QED) is 0.191. The summed E-state index contributed by atoms with van der Waals surface area (Å²) in [7, 11) is 1.68. The average molecular weight is 493 g/mol. The Bertz CT molecular complexity index is 527. The van der Waals surface area contributed by atoms with E-state index in [9.17, 15) is 0 Å². The molecule has 6 nitrogen and oxygen atoms in total. The van der Waals surface area contributed by atoms with Gasteiger partial charge in [0.05, 0.1) is 26.4 Å². The van der Waals surface area contributed by atoms with E-state index in [1.54, 1.807) is 7.11 Å². The number of hydrogen-bond donors (Lipinski definition) is 2. The fourth-order valence-electron chi connectivity index (χ4n) is 2.27. The number of methoxy groups -OCH3 is 1. The van der Waals surface area contributed by atoms with Crippen molar-refractivity contribution in [3.8, 4) is 5.75 Å². The van der Waals surface area contributed by atoms with Gasteiger partial charge in [-0.05, 0) is 38.3 Å². The van der Waals surface area contributed by atoms with Gasteiger partial charge in [0.1, 0.15) is 5.75 Å². The highest BCUT2D eigenvalue weighted by Gasteiger charge is 2.05. The molecule has 0 aliphatic heterocycles. The van der Waals surface area contributed by atoms with Crippen molar-refractivity contribution < 1.29 is 14.2 Å². The molecule has 0 spiro atoms. The third kappa shape index (κ3) is 12.1. The van der Waals surface area contributed by atoms with Gasteiger partial charge in [0, 0.05) is 32.4 Å². The molecule has 0 fully saturated rings. The Morgan fingerprint density at radius 1 is 1.07 bits per heavy atom. The molecule has 0 unspecified atom stereocenters. The number of aliphatic imine (C=N–C) groups is 1. The van der Waals surface area contributed by atoms with E-state index in [-0.39, 0.29) is 24.0 Å². The first-order valence-electron chi connectivity index (χ1n) is 9.52. The molecule has 0 atom stereocenters. The molecule has 0 amide bonds. The maximum absolute atomic E-state index is 5.87. The van der Waals surface area contributed by atoms with Gasteiger partial charge in [0.15, 0.2) is 5.96 Å². The van der Waals surface area contributed by atoms with E-state index in [4.69, 9.17) is 14.2 Å². The Balaban J connectivity index is 0.00000676. The smallest absolute Gasteiger partial charge is 0.191 e. The van der Waals surface area contributed by atoms with Crippen molar-refractivity contribution in [2.24, 2.45) is 4.99 Å². The van der Waals surface area contributed by atoms with Gasteiger partial charge >= 0.3 is 0 Å². The fourth-order valence-corrected chi connectivity index (χ4v) is 2.27. The molecule has 0 saturated heterocycles. The summed E-state index contributed by atoms with van der Waals surface area (Å²) in [5, 5.41) is 6.62. The van der Waals surface area contributed by atoms with Gasteiger partial charge in [0.2, 0.25) is 0 Å². The highest BCUT2D eigenvalue weighted by atomic mass is 127. The van der Waals surface area contributed by atoms with Gasteiger partial charge in [-0.15, -0.1) is 24.0 Å². The van der Waals surface area contributed by atoms with E-state index in [2.05, 4.69) is 54.6 Å². The first-order valence-corrected chi connectivity index (χ1v) is 9.52. The number of nitrogens with zero attached hydrogens (tertiary/aromatic N) is 1. The molecule has 0 saturated carbocycles. The fraction of sp³-hybridized carbons (Fsp3) is 0.650. The van der Waals surface area contributed by atoms with Gasteiger partial charge in [-0.25, -0.2) is 4.99 Å². The second-order valence-corrected chi connectivity index (χ2v) is 6.04. The molecule has 1 aromatic rings. The summed E-state index contributed by atoms with van der Waals surface area (Å²) in [5.41, 5.74) is 2.30. The van der Waals surface area contributed by atoms with Crippen LogP contribution >= 0.6 is 24.0 Å². The Labute approximate surface area is 181 Å². The number of benzene rings is 1. The van der Waals surface area contributed by atoms with Crippen molar-refractivity contribution in [2.45, 2.75) is 40.2 Å². The second-order valence-electron chi connectivity index (χ2n) is 6.04. The number of aryl methyl sites for hydroxylation is 1. The Kier molecular flexibility index (Phi) is 16.4. The maximum atomic E-state index is 5.87. The molecule has 0 heterocycles. The van der Waals surface area contributed by atoms with Gasteiger partial charge in [-0.2, -0.15) is 0 Å². The van der Waals surface area contributed by atoms with Gasteiger partial charge in [-0.3, -0.25) is 0 Å². The number of rotatable bonds is 13. The summed E-state index contributed by atoms with van der Waals surface area (Å²) in [6.07, 6.45) is 1.91. The van der Waals surface area contributed by atoms with Crippen LogP contribution in [0, 0.1) is 6.92 Å². The van der Waals surface area contributed by atoms with Crippen LogP contribution in [0.2, 0.25) is 0 Å². The van der Waals surface area contributed by atoms with Crippen LogP contribution in [0.4, 0.5) is 0 Å². The molecule has 1 rings (SSSR count). The molecular weight excluding hydrogens is 457 g/mol. The number of guanidine groups is 1. The van der Waals surface area contributed by atoms with Gasteiger partial charge in [0.25, 0.3) is 0 Å². The van der Waals surface area contributed by atoms with Crippen molar-refractivity contribution in [2.75, 3.05) is 46.6 Å². The highest BCUT2D eigenvalue weighted by Crippen LogP contribution is 2.21.